The lowest BCUT2D eigenvalue weighted by atomic mass is 10.1. The van der Waals surface area contributed by atoms with Gasteiger partial charge in [0, 0.05) is 27.3 Å². The molecule has 0 bridgehead atoms. The number of sulfonamides is 1. The highest BCUT2D eigenvalue weighted by Gasteiger charge is 2.26. The van der Waals surface area contributed by atoms with Crippen molar-refractivity contribution in [2.24, 2.45) is 0 Å². The molecule has 0 heterocycles. The molecular weight excluding hydrogens is 348 g/mol. The third kappa shape index (κ3) is 5.52. The first-order valence-electron chi connectivity index (χ1n) is 7.67. The van der Waals surface area contributed by atoms with Crippen LogP contribution in [0.2, 0.25) is 0 Å². The van der Waals surface area contributed by atoms with Gasteiger partial charge in [-0.25, -0.2) is 13.2 Å². The lowest BCUT2D eigenvalue weighted by molar-refractivity contribution is -0.121. The fourth-order valence-corrected chi connectivity index (χ4v) is 3.62. The summed E-state index contributed by atoms with van der Waals surface area (Å²) in [7, 11) is -1.16. The number of benzene rings is 1. The first-order valence-corrected chi connectivity index (χ1v) is 9.11. The Hall–Kier alpha value is -1.97. The molecule has 1 rings (SSSR count). The Morgan fingerprint density at radius 1 is 1.28 bits per heavy atom. The van der Waals surface area contributed by atoms with Crippen molar-refractivity contribution in [3.05, 3.63) is 28.8 Å². The van der Waals surface area contributed by atoms with Gasteiger partial charge in [0.25, 0.3) is 0 Å². The van der Waals surface area contributed by atoms with E-state index >= 15 is 0 Å². The standard InChI is InChI=1S/C16H24N2O6S/c1-11-8-13(16(20)21)9-14(12(11)2)25(22,23)18(3)10-15(19)17-6-5-7-24-4/h8-9H,5-7,10H2,1-4H3,(H,17,19)(H,20,21). The molecule has 0 saturated heterocycles. The minimum absolute atomic E-state index is 0.111. The second kappa shape index (κ2) is 8.93. The number of ether oxygens (including phenoxy) is 1. The molecule has 1 amide bonds. The van der Waals surface area contributed by atoms with Crippen LogP contribution in [0.3, 0.4) is 0 Å². The maximum Gasteiger partial charge on any atom is 0.335 e. The topological polar surface area (TPSA) is 113 Å². The molecule has 25 heavy (non-hydrogen) atoms. The number of nitrogens with zero attached hydrogens (tertiary/aromatic N) is 1. The molecule has 0 unspecified atom stereocenters. The van der Waals surface area contributed by atoms with Crippen LogP contribution in [-0.2, 0) is 19.6 Å². The third-order valence-corrected chi connectivity index (χ3v) is 5.70. The van der Waals surface area contributed by atoms with Crippen LogP contribution >= 0.6 is 0 Å². The average Bonchev–Trinajstić information content (AvgIpc) is 2.53. The summed E-state index contributed by atoms with van der Waals surface area (Å²) in [4.78, 5) is 22.9. The molecule has 0 aliphatic rings. The summed E-state index contributed by atoms with van der Waals surface area (Å²) in [6.45, 7) is 3.77. The molecule has 1 aromatic carbocycles. The molecule has 2 N–H and O–H groups in total. The largest absolute Gasteiger partial charge is 0.478 e. The van der Waals surface area contributed by atoms with E-state index in [4.69, 9.17) is 9.84 Å². The molecule has 0 aliphatic heterocycles. The van der Waals surface area contributed by atoms with Crippen molar-refractivity contribution in [1.82, 2.24) is 9.62 Å². The minimum atomic E-state index is -3.99. The molecule has 1 aromatic rings. The summed E-state index contributed by atoms with van der Waals surface area (Å²) >= 11 is 0. The molecule has 0 aromatic heterocycles. The van der Waals surface area contributed by atoms with E-state index < -0.39 is 21.9 Å². The van der Waals surface area contributed by atoms with Gasteiger partial charge in [-0.05, 0) is 43.5 Å². The second-order valence-electron chi connectivity index (χ2n) is 5.68. The van der Waals surface area contributed by atoms with Gasteiger partial charge in [0.2, 0.25) is 15.9 Å². The Morgan fingerprint density at radius 3 is 2.48 bits per heavy atom. The average molecular weight is 372 g/mol. The van der Waals surface area contributed by atoms with Crippen molar-refractivity contribution < 1.29 is 27.9 Å². The Bertz CT molecular complexity index is 745. The van der Waals surface area contributed by atoms with E-state index in [1.54, 1.807) is 21.0 Å². The zero-order chi connectivity index (χ0) is 19.2. The molecule has 0 atom stereocenters. The Morgan fingerprint density at radius 2 is 1.92 bits per heavy atom. The van der Waals surface area contributed by atoms with Gasteiger partial charge in [-0.1, -0.05) is 0 Å². The van der Waals surface area contributed by atoms with Crippen molar-refractivity contribution in [3.8, 4) is 0 Å². The number of amides is 1. The van der Waals surface area contributed by atoms with Crippen LogP contribution < -0.4 is 5.32 Å². The number of aryl methyl sites for hydroxylation is 1. The van der Waals surface area contributed by atoms with E-state index in [1.807, 2.05) is 0 Å². The van der Waals surface area contributed by atoms with Gasteiger partial charge in [0.15, 0.2) is 0 Å². The van der Waals surface area contributed by atoms with E-state index in [1.165, 1.54) is 13.1 Å². The third-order valence-electron chi connectivity index (χ3n) is 3.77. The van der Waals surface area contributed by atoms with Crippen LogP contribution in [0.1, 0.15) is 27.9 Å². The molecule has 0 fully saturated rings. The number of methoxy groups -OCH3 is 1. The zero-order valence-corrected chi connectivity index (χ0v) is 15.6. The smallest absolute Gasteiger partial charge is 0.335 e. The molecule has 140 valence electrons. The van der Waals surface area contributed by atoms with Gasteiger partial charge in [0.05, 0.1) is 17.0 Å². The fraction of sp³-hybridized carbons (Fsp3) is 0.500. The maximum atomic E-state index is 12.7. The number of hydrogen-bond acceptors (Lipinski definition) is 5. The normalized spacial score (nSPS) is 11.6. The van der Waals surface area contributed by atoms with Gasteiger partial charge in [-0.2, -0.15) is 4.31 Å². The van der Waals surface area contributed by atoms with E-state index in [9.17, 15) is 18.0 Å². The van der Waals surface area contributed by atoms with Crippen molar-refractivity contribution in [2.45, 2.75) is 25.2 Å². The Kier molecular flexibility index (Phi) is 7.53. The van der Waals surface area contributed by atoms with E-state index in [0.29, 0.717) is 30.7 Å². The monoisotopic (exact) mass is 372 g/mol. The first kappa shape index (κ1) is 21.1. The summed E-state index contributed by atoms with van der Waals surface area (Å²) in [5, 5.41) is 11.7. The van der Waals surface area contributed by atoms with Crippen LogP contribution in [0, 0.1) is 13.8 Å². The SMILES string of the molecule is COCCCNC(=O)CN(C)S(=O)(=O)c1cc(C(=O)O)cc(C)c1C. The number of likely N-dealkylation sites (N-methyl/N-ethyl adjacent to an activating group) is 1. The van der Waals surface area contributed by atoms with Gasteiger partial charge >= 0.3 is 5.97 Å². The van der Waals surface area contributed by atoms with Crippen LogP contribution in [-0.4, -0.2) is 63.6 Å². The van der Waals surface area contributed by atoms with Gasteiger partial charge in [-0.3, -0.25) is 4.79 Å². The van der Waals surface area contributed by atoms with E-state index in [0.717, 1.165) is 10.4 Å². The highest BCUT2D eigenvalue weighted by Crippen LogP contribution is 2.23. The molecule has 9 heteroatoms. The summed E-state index contributed by atoms with van der Waals surface area (Å²) in [5.74, 6) is -1.65. The van der Waals surface area contributed by atoms with Crippen molar-refractivity contribution >= 4 is 21.9 Å². The number of carboxylic acid groups (broad SMARTS) is 1. The van der Waals surface area contributed by atoms with E-state index in [2.05, 4.69) is 5.32 Å². The van der Waals surface area contributed by atoms with Crippen molar-refractivity contribution in [1.29, 1.82) is 0 Å². The molecule has 0 saturated carbocycles. The minimum Gasteiger partial charge on any atom is -0.478 e. The summed E-state index contributed by atoms with van der Waals surface area (Å²) < 4.78 is 31.2. The molecule has 0 aliphatic carbocycles. The number of hydrogen-bond donors (Lipinski definition) is 2. The summed E-state index contributed by atoms with van der Waals surface area (Å²) in [6, 6.07) is 2.53. The number of carbonyl (C=O) groups is 2. The van der Waals surface area contributed by atoms with Crippen molar-refractivity contribution in [2.75, 3.05) is 33.9 Å². The van der Waals surface area contributed by atoms with Crippen LogP contribution in [0.25, 0.3) is 0 Å². The first-order chi connectivity index (χ1) is 11.6. The number of carbonyl (C=O) groups excluding carboxylic acids is 1. The Labute approximate surface area is 147 Å². The molecule has 0 spiro atoms. The molecule has 0 radical (unpaired) electrons. The predicted molar refractivity (Wildman–Crippen MR) is 92.2 cm³/mol. The number of aromatic carboxylic acids is 1. The van der Waals surface area contributed by atoms with Gasteiger partial charge in [0.1, 0.15) is 0 Å². The number of carboxylic acids is 1. The van der Waals surface area contributed by atoms with Crippen LogP contribution in [0.5, 0.6) is 0 Å². The number of rotatable bonds is 9. The quantitative estimate of drug-likeness (QED) is 0.619. The zero-order valence-electron chi connectivity index (χ0n) is 14.8. The van der Waals surface area contributed by atoms with Gasteiger partial charge in [-0.15, -0.1) is 0 Å². The lowest BCUT2D eigenvalue weighted by Crippen LogP contribution is -2.39. The fourth-order valence-electron chi connectivity index (χ4n) is 2.17. The highest BCUT2D eigenvalue weighted by molar-refractivity contribution is 7.89. The predicted octanol–water partition coefficient (Wildman–Crippen LogP) is 0.775. The van der Waals surface area contributed by atoms with Crippen LogP contribution in [0.4, 0.5) is 0 Å². The second-order valence-corrected chi connectivity index (χ2v) is 7.69. The highest BCUT2D eigenvalue weighted by atomic mass is 32.2. The van der Waals surface area contributed by atoms with Gasteiger partial charge < -0.3 is 15.2 Å². The molecule has 8 nitrogen and oxygen atoms in total. The van der Waals surface area contributed by atoms with Crippen molar-refractivity contribution in [3.63, 3.8) is 0 Å². The Balaban J connectivity index is 2.97. The van der Waals surface area contributed by atoms with E-state index in [-0.39, 0.29) is 17.0 Å². The lowest BCUT2D eigenvalue weighted by Gasteiger charge is -2.19. The maximum absolute atomic E-state index is 12.7. The number of nitrogens with one attached hydrogen (secondary N) is 1. The molecular formula is C16H24N2O6S. The summed E-state index contributed by atoms with van der Waals surface area (Å²) in [5.41, 5.74) is 0.896. The summed E-state index contributed by atoms with van der Waals surface area (Å²) in [6.07, 6.45) is 0.623. The van der Waals surface area contributed by atoms with Crippen LogP contribution in [0.15, 0.2) is 17.0 Å².